The summed E-state index contributed by atoms with van der Waals surface area (Å²) < 4.78 is 28.5. The van der Waals surface area contributed by atoms with Gasteiger partial charge in [-0.05, 0) is 51.4 Å². The van der Waals surface area contributed by atoms with Crippen LogP contribution < -0.4 is 20.8 Å². The Balaban J connectivity index is -0.000000682. The Bertz CT molecular complexity index is 731. The van der Waals surface area contributed by atoms with Gasteiger partial charge in [-0.2, -0.15) is 8.42 Å². The predicted octanol–water partition coefficient (Wildman–Crippen LogP) is 6.23. The molecule has 0 aliphatic heterocycles. The normalized spacial score (nSPS) is 11.7. The molecular formula is C40H84N2O7S. The van der Waals surface area contributed by atoms with Gasteiger partial charge in [0.2, 0.25) is 0 Å². The lowest BCUT2D eigenvalue weighted by molar-refractivity contribution is -0.655. The van der Waals surface area contributed by atoms with Crippen molar-refractivity contribution in [3.05, 3.63) is 0 Å². The maximum Gasteiger partial charge on any atom is 0.273 e. The first kappa shape index (κ1) is 53.1. The quantitative estimate of drug-likeness (QED) is 0.0506. The summed E-state index contributed by atoms with van der Waals surface area (Å²) in [5.74, 6) is -4.08. The van der Waals surface area contributed by atoms with Crippen molar-refractivity contribution in [3.63, 3.8) is 0 Å². The third-order valence-corrected chi connectivity index (χ3v) is 10.1. The van der Waals surface area contributed by atoms with Crippen LogP contribution in [0.25, 0.3) is 0 Å². The molecule has 1 unspecified atom stereocenters. The number of unbranched alkanes of at least 4 members (excludes halogenated alkanes) is 24. The Hall–Kier alpha value is -1.23. The van der Waals surface area contributed by atoms with Gasteiger partial charge in [0, 0.05) is 12.4 Å². The van der Waals surface area contributed by atoms with Crippen LogP contribution in [0.5, 0.6) is 0 Å². The number of carbonyl (C=O) groups is 2. The molecule has 9 nitrogen and oxygen atoms in total. The van der Waals surface area contributed by atoms with Crippen molar-refractivity contribution in [3.8, 4) is 0 Å². The minimum Gasteiger partial charge on any atom is -0.550 e. The number of hydrogen-bond acceptors (Lipinski definition) is 6. The number of nitrogens with two attached hydrogens (primary N) is 2. The smallest absolute Gasteiger partial charge is 0.273 e. The first-order valence-electron chi connectivity index (χ1n) is 21.1. The van der Waals surface area contributed by atoms with Gasteiger partial charge in [-0.1, -0.05) is 156 Å². The van der Waals surface area contributed by atoms with E-state index in [4.69, 9.17) is 4.55 Å². The lowest BCUT2D eigenvalue weighted by Gasteiger charge is -2.14. The zero-order valence-corrected chi connectivity index (χ0v) is 34.2. The van der Waals surface area contributed by atoms with Crippen LogP contribution in [-0.4, -0.2) is 56.3 Å². The third-order valence-electron chi connectivity index (χ3n) is 9.02. The molecule has 10 heteroatoms. The van der Waals surface area contributed by atoms with Crippen LogP contribution in [0.4, 0.5) is 0 Å². The van der Waals surface area contributed by atoms with E-state index in [1.165, 1.54) is 206 Å². The molecule has 0 aromatic carbocycles. The van der Waals surface area contributed by atoms with Crippen LogP contribution in [0.2, 0.25) is 0 Å². The van der Waals surface area contributed by atoms with Gasteiger partial charge in [-0.3, -0.25) is 4.55 Å². The molecule has 0 aliphatic rings. The highest BCUT2D eigenvalue weighted by Gasteiger charge is 2.24. The molecule has 0 spiro atoms. The molecule has 5 N–H and O–H groups in total. The van der Waals surface area contributed by atoms with Gasteiger partial charge in [-0.15, -0.1) is 0 Å². The van der Waals surface area contributed by atoms with Crippen LogP contribution in [0.15, 0.2) is 0 Å². The van der Waals surface area contributed by atoms with Crippen molar-refractivity contribution in [1.29, 1.82) is 0 Å². The zero-order chi connectivity index (χ0) is 38.0. The molecule has 0 fully saturated rings. The van der Waals surface area contributed by atoms with Gasteiger partial charge < -0.3 is 30.4 Å². The Morgan fingerprint density at radius 1 is 0.460 bits per heavy atom. The molecular weight excluding hydrogens is 653 g/mol. The van der Waals surface area contributed by atoms with Gasteiger partial charge >= 0.3 is 0 Å². The van der Waals surface area contributed by atoms with Crippen LogP contribution in [-0.2, 0) is 19.7 Å². The summed E-state index contributed by atoms with van der Waals surface area (Å²) in [4.78, 5) is 19.7. The fourth-order valence-electron chi connectivity index (χ4n) is 5.73. The summed E-state index contributed by atoms with van der Waals surface area (Å²) >= 11 is 0. The van der Waals surface area contributed by atoms with Gasteiger partial charge in [0.05, 0.1) is 32.1 Å². The maximum atomic E-state index is 10.2. The lowest BCUT2D eigenvalue weighted by atomic mass is 10.1. The lowest BCUT2D eigenvalue weighted by Crippen LogP contribution is -2.84. The number of aliphatic carboxylic acids is 2. The molecule has 0 bridgehead atoms. The summed E-state index contributed by atoms with van der Waals surface area (Å²) in [6.45, 7) is 14.6. The SMILES string of the molecule is CCCCCCCCC[NH2+]CCCCCCCCC.CCCCCCCCC[NH2+]CCCCCCCCC.O=C([O-])CC(C(=O)[O-])S(=O)(=O)O. The van der Waals surface area contributed by atoms with E-state index >= 15 is 0 Å². The largest absolute Gasteiger partial charge is 0.550 e. The molecule has 0 saturated carbocycles. The Morgan fingerprint density at radius 3 is 0.840 bits per heavy atom. The first-order chi connectivity index (χ1) is 24.1. The fraction of sp³-hybridized carbons (Fsp3) is 0.950. The molecule has 0 aromatic rings. The maximum absolute atomic E-state index is 10.2. The predicted molar refractivity (Wildman–Crippen MR) is 205 cm³/mol. The number of carboxylic acid groups (broad SMARTS) is 2. The molecule has 1 atom stereocenters. The highest BCUT2D eigenvalue weighted by molar-refractivity contribution is 7.87. The number of rotatable bonds is 36. The molecule has 302 valence electrons. The highest BCUT2D eigenvalue weighted by Crippen LogP contribution is 2.08. The van der Waals surface area contributed by atoms with E-state index in [2.05, 4.69) is 38.3 Å². The topological polar surface area (TPSA) is 168 Å². The summed E-state index contributed by atoms with van der Waals surface area (Å²) in [6.07, 6.45) is 39.0. The van der Waals surface area contributed by atoms with Crippen molar-refractivity contribution in [2.75, 3.05) is 26.2 Å². The van der Waals surface area contributed by atoms with E-state index in [1.54, 1.807) is 0 Å². The van der Waals surface area contributed by atoms with Crippen molar-refractivity contribution in [2.45, 2.75) is 219 Å². The summed E-state index contributed by atoms with van der Waals surface area (Å²) in [5.41, 5.74) is 0. The minimum atomic E-state index is -4.94. The van der Waals surface area contributed by atoms with Crippen molar-refractivity contribution in [1.82, 2.24) is 0 Å². The van der Waals surface area contributed by atoms with Crippen LogP contribution in [0, 0.1) is 0 Å². The van der Waals surface area contributed by atoms with Crippen LogP contribution in [0.1, 0.15) is 214 Å². The average molecular weight is 737 g/mol. The number of carboxylic acids is 2. The second-order valence-electron chi connectivity index (χ2n) is 14.1. The average Bonchev–Trinajstić information content (AvgIpc) is 3.07. The fourth-order valence-corrected chi connectivity index (χ4v) is 6.32. The number of carbonyl (C=O) groups excluding carboxylic acids is 2. The Kier molecular flexibility index (Phi) is 46.7. The van der Waals surface area contributed by atoms with E-state index in [1.807, 2.05) is 0 Å². The molecule has 0 radical (unpaired) electrons. The monoisotopic (exact) mass is 737 g/mol. The molecule has 0 aromatic heterocycles. The second kappa shape index (κ2) is 43.9. The molecule has 50 heavy (non-hydrogen) atoms. The third kappa shape index (κ3) is 48.9. The molecule has 0 rings (SSSR count). The van der Waals surface area contributed by atoms with Crippen molar-refractivity contribution < 1.29 is 43.4 Å². The van der Waals surface area contributed by atoms with Gasteiger partial charge in [0.1, 0.15) is 5.25 Å². The number of hydrogen-bond donors (Lipinski definition) is 3. The Labute approximate surface area is 310 Å². The molecule has 0 saturated heterocycles. The summed E-state index contributed by atoms with van der Waals surface area (Å²) in [7, 11) is -4.94. The number of quaternary nitrogens is 2. The van der Waals surface area contributed by atoms with Crippen LogP contribution in [0.3, 0.4) is 0 Å². The van der Waals surface area contributed by atoms with Gasteiger partial charge in [0.15, 0.2) is 0 Å². The zero-order valence-electron chi connectivity index (χ0n) is 33.4. The van der Waals surface area contributed by atoms with E-state index < -0.39 is 33.7 Å². The van der Waals surface area contributed by atoms with Crippen molar-refractivity contribution in [2.24, 2.45) is 0 Å². The van der Waals surface area contributed by atoms with E-state index in [0.717, 1.165) is 0 Å². The minimum absolute atomic E-state index is 1.33. The Morgan fingerprint density at radius 2 is 0.680 bits per heavy atom. The molecule has 0 amide bonds. The molecule has 0 aliphatic carbocycles. The highest BCUT2D eigenvalue weighted by atomic mass is 32.2. The summed E-state index contributed by atoms with van der Waals surface area (Å²) in [5, 5.41) is 22.3. The van der Waals surface area contributed by atoms with Gasteiger partial charge in [0.25, 0.3) is 10.1 Å². The summed E-state index contributed by atoms with van der Waals surface area (Å²) in [6, 6.07) is 0. The van der Waals surface area contributed by atoms with Gasteiger partial charge in [-0.25, -0.2) is 0 Å². The van der Waals surface area contributed by atoms with E-state index in [-0.39, 0.29) is 0 Å². The standard InChI is InChI=1S/2C18H39N.C4H6O7S/c2*1-3-5-7-9-11-13-15-17-19-18-16-14-12-10-8-6-4-2;5-3(6)1-2(4(7)8)12(9,10)11/h2*19H,3-18H2,1-2H3;2H,1H2,(H,5,6)(H,7,8)(H,9,10,11). The van der Waals surface area contributed by atoms with E-state index in [0.29, 0.717) is 0 Å². The van der Waals surface area contributed by atoms with E-state index in [9.17, 15) is 28.2 Å². The van der Waals surface area contributed by atoms with Crippen molar-refractivity contribution >= 4 is 22.1 Å². The van der Waals surface area contributed by atoms with Crippen LogP contribution >= 0.6 is 0 Å². The second-order valence-corrected chi connectivity index (χ2v) is 15.7. The molecule has 0 heterocycles. The first-order valence-corrected chi connectivity index (χ1v) is 22.6.